The van der Waals surface area contributed by atoms with Gasteiger partial charge in [-0.15, -0.1) is 0 Å². The molecule has 1 N–H and O–H groups in total. The molecule has 0 aliphatic rings. The van der Waals surface area contributed by atoms with Crippen LogP contribution in [0.15, 0.2) is 85.0 Å². The van der Waals surface area contributed by atoms with Crippen molar-refractivity contribution < 1.29 is 19.4 Å². The maximum Gasteiger partial charge on any atom is 0.339 e. The molecule has 0 aromatic heterocycles. The summed E-state index contributed by atoms with van der Waals surface area (Å²) >= 11 is 0. The Morgan fingerprint density at radius 1 is 0.871 bits per heavy atom. The van der Waals surface area contributed by atoms with Gasteiger partial charge in [-0.2, -0.15) is 0 Å². The molecule has 2 rings (SSSR count). The lowest BCUT2D eigenvalue weighted by Gasteiger charge is -2.04. The predicted molar refractivity (Wildman–Crippen MR) is 125 cm³/mol. The molecule has 0 radical (unpaired) electrons. The van der Waals surface area contributed by atoms with E-state index in [1.165, 1.54) is 11.6 Å². The highest BCUT2D eigenvalue weighted by Crippen LogP contribution is 2.17. The van der Waals surface area contributed by atoms with Crippen molar-refractivity contribution in [2.24, 2.45) is 0 Å². The average Bonchev–Trinajstić information content (AvgIpc) is 2.77. The summed E-state index contributed by atoms with van der Waals surface area (Å²) in [6.07, 6.45) is 14.8. The Kier molecular flexibility index (Phi) is 10.9. The van der Waals surface area contributed by atoms with Crippen LogP contribution in [-0.2, 0) is 0 Å². The van der Waals surface area contributed by atoms with Crippen LogP contribution in [0.25, 0.3) is 0 Å². The smallest absolute Gasteiger partial charge is 0.339 e. The molecule has 0 heterocycles. The predicted octanol–water partition coefficient (Wildman–Crippen LogP) is 5.99. The molecule has 2 aromatic carbocycles. The van der Waals surface area contributed by atoms with Crippen molar-refractivity contribution in [1.82, 2.24) is 0 Å². The van der Waals surface area contributed by atoms with E-state index in [-0.39, 0.29) is 12.2 Å². The highest BCUT2D eigenvalue weighted by molar-refractivity contribution is 5.90. The van der Waals surface area contributed by atoms with Crippen molar-refractivity contribution in [2.45, 2.75) is 26.2 Å². The first-order chi connectivity index (χ1) is 15.2. The Labute approximate surface area is 184 Å². The molecule has 0 aliphatic heterocycles. The molecule has 0 spiro atoms. The van der Waals surface area contributed by atoms with Gasteiger partial charge < -0.3 is 14.6 Å². The SMILES string of the molecule is Cc1ccc(OC/C=C\C/C=C\C/C=C\CC#CCOc2ccccc2C(=O)O)cc1. The number of hydrogen-bond acceptors (Lipinski definition) is 3. The zero-order chi connectivity index (χ0) is 22.2. The molecule has 4 heteroatoms. The van der Waals surface area contributed by atoms with Crippen LogP contribution in [-0.4, -0.2) is 24.3 Å². The molecule has 4 nitrogen and oxygen atoms in total. The fourth-order valence-corrected chi connectivity index (χ4v) is 2.54. The Hall–Kier alpha value is -3.71. The van der Waals surface area contributed by atoms with E-state index in [1.54, 1.807) is 18.2 Å². The molecule has 2 aromatic rings. The molecule has 0 atom stereocenters. The molecule has 0 saturated heterocycles. The van der Waals surface area contributed by atoms with Crippen molar-refractivity contribution in [1.29, 1.82) is 0 Å². The van der Waals surface area contributed by atoms with Gasteiger partial charge in [-0.1, -0.05) is 78.1 Å². The first-order valence-corrected chi connectivity index (χ1v) is 10.2. The Morgan fingerprint density at radius 2 is 1.55 bits per heavy atom. The lowest BCUT2D eigenvalue weighted by atomic mass is 10.2. The van der Waals surface area contributed by atoms with Gasteiger partial charge in [0.1, 0.15) is 30.3 Å². The summed E-state index contributed by atoms with van der Waals surface area (Å²) in [4.78, 5) is 11.1. The molecule has 0 bridgehead atoms. The topological polar surface area (TPSA) is 55.8 Å². The monoisotopic (exact) mass is 416 g/mol. The van der Waals surface area contributed by atoms with Gasteiger partial charge in [0.25, 0.3) is 0 Å². The van der Waals surface area contributed by atoms with E-state index < -0.39 is 5.97 Å². The van der Waals surface area contributed by atoms with Crippen LogP contribution in [0.4, 0.5) is 0 Å². The third kappa shape index (κ3) is 10.0. The molecule has 0 fully saturated rings. The van der Waals surface area contributed by atoms with Gasteiger partial charge in [0.05, 0.1) is 0 Å². The van der Waals surface area contributed by atoms with E-state index in [4.69, 9.17) is 14.6 Å². The van der Waals surface area contributed by atoms with Gasteiger partial charge in [0.15, 0.2) is 0 Å². The Balaban J connectivity index is 1.53. The zero-order valence-electron chi connectivity index (χ0n) is 17.8. The minimum atomic E-state index is -1.01. The van der Waals surface area contributed by atoms with Crippen LogP contribution >= 0.6 is 0 Å². The largest absolute Gasteiger partial charge is 0.490 e. The number of carboxylic acids is 1. The number of benzene rings is 2. The molecular formula is C27H28O4. The number of rotatable bonds is 11. The summed E-state index contributed by atoms with van der Waals surface area (Å²) < 4.78 is 11.1. The molecule has 0 aliphatic carbocycles. The van der Waals surface area contributed by atoms with Gasteiger partial charge in [-0.05, 0) is 44.0 Å². The number of ether oxygens (including phenoxy) is 2. The third-order valence-corrected chi connectivity index (χ3v) is 4.17. The molecule has 0 unspecified atom stereocenters. The van der Waals surface area contributed by atoms with Crippen molar-refractivity contribution in [3.05, 3.63) is 96.1 Å². The highest BCUT2D eigenvalue weighted by atomic mass is 16.5. The second kappa shape index (κ2) is 14.3. The summed E-state index contributed by atoms with van der Waals surface area (Å²) in [6, 6.07) is 14.6. The van der Waals surface area contributed by atoms with Gasteiger partial charge >= 0.3 is 5.97 Å². The maximum atomic E-state index is 11.1. The number of carbonyl (C=O) groups is 1. The third-order valence-electron chi connectivity index (χ3n) is 4.17. The first kappa shape index (κ1) is 23.6. The molecule has 160 valence electrons. The van der Waals surface area contributed by atoms with E-state index in [0.717, 1.165) is 18.6 Å². The minimum Gasteiger partial charge on any atom is -0.490 e. The van der Waals surface area contributed by atoms with Crippen molar-refractivity contribution in [3.63, 3.8) is 0 Å². The maximum absolute atomic E-state index is 11.1. The number of hydrogen-bond donors (Lipinski definition) is 1. The number of para-hydroxylation sites is 1. The van der Waals surface area contributed by atoms with Crippen molar-refractivity contribution >= 4 is 5.97 Å². The Bertz CT molecular complexity index is 957. The van der Waals surface area contributed by atoms with Gasteiger partial charge in [0.2, 0.25) is 0 Å². The van der Waals surface area contributed by atoms with E-state index >= 15 is 0 Å². The molecule has 31 heavy (non-hydrogen) atoms. The molecular weight excluding hydrogens is 388 g/mol. The summed E-state index contributed by atoms with van der Waals surface area (Å²) in [7, 11) is 0. The normalized spacial score (nSPS) is 11.0. The van der Waals surface area contributed by atoms with Crippen LogP contribution in [0.2, 0.25) is 0 Å². The van der Waals surface area contributed by atoms with Crippen LogP contribution in [0, 0.1) is 18.8 Å². The van der Waals surface area contributed by atoms with Crippen LogP contribution < -0.4 is 9.47 Å². The summed E-state index contributed by atoms with van der Waals surface area (Å²) in [5.41, 5.74) is 1.37. The quantitative estimate of drug-likeness (QED) is 0.361. The molecule has 0 saturated carbocycles. The minimum absolute atomic E-state index is 0.143. The summed E-state index contributed by atoms with van der Waals surface area (Å²) in [6.45, 7) is 2.79. The van der Waals surface area contributed by atoms with E-state index in [9.17, 15) is 4.79 Å². The van der Waals surface area contributed by atoms with Crippen LogP contribution in [0.1, 0.15) is 35.2 Å². The zero-order valence-corrected chi connectivity index (χ0v) is 17.8. The van der Waals surface area contributed by atoms with Gasteiger partial charge in [-0.25, -0.2) is 4.79 Å². The summed E-state index contributed by atoms with van der Waals surface area (Å²) in [5, 5.41) is 9.09. The fourth-order valence-electron chi connectivity index (χ4n) is 2.54. The van der Waals surface area contributed by atoms with E-state index in [0.29, 0.717) is 18.8 Å². The standard InChI is InChI=1S/C27H28O4/c1-23-17-19-24(20-18-23)30-21-13-9-7-5-3-2-4-6-8-10-14-22-31-26-16-12-11-15-25(26)27(28)29/h3-6,9,11-13,15-20H,2,7-8,21-22H2,1H3,(H,28,29)/b5-3-,6-4-,13-9-. The lowest BCUT2D eigenvalue weighted by Crippen LogP contribution is -2.02. The number of aromatic carboxylic acids is 1. The number of carboxylic acid groups (broad SMARTS) is 1. The average molecular weight is 417 g/mol. The van der Waals surface area contributed by atoms with E-state index in [2.05, 4.69) is 43.1 Å². The fraction of sp³-hybridized carbons (Fsp3) is 0.222. The summed E-state index contributed by atoms with van der Waals surface area (Å²) in [5.74, 6) is 6.09. The number of allylic oxidation sites excluding steroid dienone is 5. The van der Waals surface area contributed by atoms with Crippen molar-refractivity contribution in [3.8, 4) is 23.3 Å². The van der Waals surface area contributed by atoms with Crippen molar-refractivity contribution in [2.75, 3.05) is 13.2 Å². The second-order valence-electron chi connectivity index (χ2n) is 6.66. The number of aryl methyl sites for hydroxylation is 1. The van der Waals surface area contributed by atoms with E-state index in [1.807, 2.05) is 36.4 Å². The molecule has 0 amide bonds. The van der Waals surface area contributed by atoms with Crippen LogP contribution in [0.5, 0.6) is 11.5 Å². The second-order valence-corrected chi connectivity index (χ2v) is 6.66. The van der Waals surface area contributed by atoms with Gasteiger partial charge in [-0.3, -0.25) is 0 Å². The van der Waals surface area contributed by atoms with Gasteiger partial charge in [0, 0.05) is 6.42 Å². The van der Waals surface area contributed by atoms with Crippen LogP contribution in [0.3, 0.4) is 0 Å². The lowest BCUT2D eigenvalue weighted by molar-refractivity contribution is 0.0693. The Morgan fingerprint density at radius 3 is 2.29 bits per heavy atom. The first-order valence-electron chi connectivity index (χ1n) is 10.2. The highest BCUT2D eigenvalue weighted by Gasteiger charge is 2.08.